The van der Waals surface area contributed by atoms with Crippen LogP contribution in [0.2, 0.25) is 5.02 Å². The molecule has 1 rings (SSSR count). The van der Waals surface area contributed by atoms with Crippen LogP contribution in [-0.4, -0.2) is 17.4 Å². The Balaban J connectivity index is 2.77. The van der Waals surface area contributed by atoms with Crippen molar-refractivity contribution in [3.8, 4) is 0 Å². The van der Waals surface area contributed by atoms with E-state index in [4.69, 9.17) is 22.5 Å². The summed E-state index contributed by atoms with van der Waals surface area (Å²) in [5.41, 5.74) is 7.14. The van der Waals surface area contributed by atoms with Gasteiger partial charge in [0, 0.05) is 0 Å². The van der Waals surface area contributed by atoms with Gasteiger partial charge in [-0.2, -0.15) is 5.10 Å². The van der Waals surface area contributed by atoms with Gasteiger partial charge < -0.3 is 5.73 Å². The van der Waals surface area contributed by atoms with E-state index in [-0.39, 0.29) is 11.0 Å². The molecule has 0 aliphatic rings. The first kappa shape index (κ1) is 11.4. The fourth-order valence-electron chi connectivity index (χ4n) is 0.773. The monoisotopic (exact) mass is 230 g/mol. The predicted molar refractivity (Wildman–Crippen MR) is 55.5 cm³/mol. The van der Waals surface area contributed by atoms with E-state index in [2.05, 4.69) is 10.2 Å². The first-order chi connectivity index (χ1) is 7.13. The van der Waals surface area contributed by atoms with Gasteiger partial charge in [0.05, 0.1) is 11.2 Å². The third-order valence-electron chi connectivity index (χ3n) is 1.43. The van der Waals surface area contributed by atoms with Crippen molar-refractivity contribution >= 4 is 23.8 Å². The molecule has 0 fully saturated rings. The summed E-state index contributed by atoms with van der Waals surface area (Å²) in [5, 5.41) is 15.1. The summed E-state index contributed by atoms with van der Waals surface area (Å²) in [7, 11) is 0. The van der Waals surface area contributed by atoms with Gasteiger partial charge in [-0.3, -0.25) is 5.21 Å². The highest BCUT2D eigenvalue weighted by Gasteiger charge is 1.98. The van der Waals surface area contributed by atoms with E-state index in [1.165, 1.54) is 18.3 Å². The van der Waals surface area contributed by atoms with E-state index in [1.54, 1.807) is 11.5 Å². The first-order valence-corrected chi connectivity index (χ1v) is 4.23. The summed E-state index contributed by atoms with van der Waals surface area (Å²) in [6, 6.07) is 4.16. The largest absolute Gasteiger partial charge is 0.367 e. The maximum absolute atomic E-state index is 12.9. The molecule has 0 bridgehead atoms. The highest BCUT2D eigenvalue weighted by atomic mass is 35.5. The van der Waals surface area contributed by atoms with Crippen LogP contribution < -0.4 is 11.2 Å². The number of guanidine groups is 1. The zero-order valence-electron chi connectivity index (χ0n) is 7.48. The Hall–Kier alpha value is -1.66. The second-order valence-corrected chi connectivity index (χ2v) is 2.92. The Labute approximate surface area is 90.0 Å². The van der Waals surface area contributed by atoms with Crippen LogP contribution in [-0.2, 0) is 0 Å². The van der Waals surface area contributed by atoms with Gasteiger partial charge in [0.1, 0.15) is 5.82 Å². The molecule has 0 spiro atoms. The van der Waals surface area contributed by atoms with Crippen molar-refractivity contribution < 1.29 is 9.60 Å². The lowest BCUT2D eigenvalue weighted by Gasteiger charge is -1.95. The average molecular weight is 231 g/mol. The van der Waals surface area contributed by atoms with Crippen LogP contribution in [0.3, 0.4) is 0 Å². The number of halogens is 2. The zero-order chi connectivity index (χ0) is 11.3. The predicted octanol–water partition coefficient (Wildman–Crippen LogP) is 1.11. The van der Waals surface area contributed by atoms with Crippen molar-refractivity contribution in [2.45, 2.75) is 0 Å². The highest BCUT2D eigenvalue weighted by molar-refractivity contribution is 6.30. The topological polar surface area (TPSA) is 83.0 Å². The van der Waals surface area contributed by atoms with E-state index in [9.17, 15) is 4.39 Å². The van der Waals surface area contributed by atoms with Gasteiger partial charge in [-0.15, -0.1) is 5.10 Å². The van der Waals surface area contributed by atoms with Gasteiger partial charge in [0.25, 0.3) is 0 Å². The van der Waals surface area contributed by atoms with E-state index < -0.39 is 5.82 Å². The Morgan fingerprint density at radius 3 is 2.93 bits per heavy atom. The summed E-state index contributed by atoms with van der Waals surface area (Å²) in [6.45, 7) is 0. The number of benzene rings is 1. The average Bonchev–Trinajstić information content (AvgIpc) is 2.23. The Morgan fingerprint density at radius 2 is 2.33 bits per heavy atom. The molecule has 0 aliphatic heterocycles. The van der Waals surface area contributed by atoms with Crippen molar-refractivity contribution in [3.05, 3.63) is 34.6 Å². The number of hydrogen-bond donors (Lipinski definition) is 3. The maximum atomic E-state index is 12.9. The Kier molecular flexibility index (Phi) is 4.02. The lowest BCUT2D eigenvalue weighted by atomic mass is 10.2. The Morgan fingerprint density at radius 1 is 1.60 bits per heavy atom. The normalized spacial score (nSPS) is 12.1. The van der Waals surface area contributed by atoms with Gasteiger partial charge in [0.2, 0.25) is 5.96 Å². The lowest BCUT2D eigenvalue weighted by Crippen LogP contribution is -2.27. The molecule has 0 atom stereocenters. The molecule has 1 aromatic rings. The molecule has 5 nitrogen and oxygen atoms in total. The second kappa shape index (κ2) is 5.28. The third-order valence-corrected chi connectivity index (χ3v) is 1.74. The minimum atomic E-state index is -0.544. The summed E-state index contributed by atoms with van der Waals surface area (Å²) >= 11 is 5.48. The van der Waals surface area contributed by atoms with Crippen molar-refractivity contribution in [2.75, 3.05) is 0 Å². The van der Waals surface area contributed by atoms with Crippen LogP contribution in [0, 0.1) is 5.82 Å². The molecular formula is C8H8ClFN4O. The molecule has 0 saturated heterocycles. The molecule has 1 aromatic carbocycles. The molecule has 0 aromatic heterocycles. The summed E-state index contributed by atoms with van der Waals surface area (Å²) in [4.78, 5) is 0. The molecule has 15 heavy (non-hydrogen) atoms. The molecule has 0 aliphatic carbocycles. The minimum absolute atomic E-state index is 0.0344. The molecule has 0 amide bonds. The minimum Gasteiger partial charge on any atom is -0.367 e. The molecule has 0 unspecified atom stereocenters. The maximum Gasteiger partial charge on any atom is 0.237 e. The van der Waals surface area contributed by atoms with Crippen molar-refractivity contribution in [2.24, 2.45) is 15.9 Å². The molecule has 0 saturated carbocycles. The number of nitrogens with zero attached hydrogens (tertiary/aromatic N) is 2. The van der Waals surface area contributed by atoms with Gasteiger partial charge in [-0.05, 0) is 17.7 Å². The van der Waals surface area contributed by atoms with Gasteiger partial charge in [-0.25, -0.2) is 9.87 Å². The summed E-state index contributed by atoms with van der Waals surface area (Å²) in [5.74, 6) is -0.807. The van der Waals surface area contributed by atoms with Crippen LogP contribution >= 0.6 is 11.6 Å². The smallest absolute Gasteiger partial charge is 0.237 e. The molecule has 0 radical (unpaired) electrons. The third kappa shape index (κ3) is 3.53. The van der Waals surface area contributed by atoms with Crippen LogP contribution in [0.1, 0.15) is 5.56 Å². The van der Waals surface area contributed by atoms with Gasteiger partial charge in [0.15, 0.2) is 0 Å². The van der Waals surface area contributed by atoms with Crippen molar-refractivity contribution in [1.29, 1.82) is 0 Å². The summed E-state index contributed by atoms with van der Waals surface area (Å²) in [6.07, 6.45) is 1.27. The number of nitrogens with one attached hydrogen (secondary N) is 1. The van der Waals surface area contributed by atoms with Crippen molar-refractivity contribution in [3.63, 3.8) is 0 Å². The van der Waals surface area contributed by atoms with Crippen LogP contribution in [0.25, 0.3) is 0 Å². The van der Waals surface area contributed by atoms with Gasteiger partial charge in [-0.1, -0.05) is 17.7 Å². The first-order valence-electron chi connectivity index (χ1n) is 3.85. The van der Waals surface area contributed by atoms with E-state index in [0.29, 0.717) is 5.56 Å². The zero-order valence-corrected chi connectivity index (χ0v) is 8.24. The number of hydroxylamine groups is 1. The van der Waals surface area contributed by atoms with Crippen LogP contribution in [0.4, 0.5) is 4.39 Å². The molecule has 7 heteroatoms. The molecule has 80 valence electrons. The molecular weight excluding hydrogens is 223 g/mol. The standard InChI is InChI=1S/C8H8ClFN4O/c9-6-2-1-5(3-7(6)10)4-12-13-8(11)14-15/h1-4,15H,(H3,11,13,14)/b12-4+. The number of hydrogen-bond acceptors (Lipinski definition) is 3. The molecule has 4 N–H and O–H groups in total. The Bertz CT molecular complexity index is 408. The van der Waals surface area contributed by atoms with E-state index in [1.807, 2.05) is 0 Å². The van der Waals surface area contributed by atoms with E-state index >= 15 is 0 Å². The van der Waals surface area contributed by atoms with Gasteiger partial charge >= 0.3 is 0 Å². The fourth-order valence-corrected chi connectivity index (χ4v) is 0.890. The summed E-state index contributed by atoms with van der Waals surface area (Å²) < 4.78 is 12.9. The number of nitrogens with two attached hydrogens (primary N) is 1. The van der Waals surface area contributed by atoms with Crippen molar-refractivity contribution in [1.82, 2.24) is 5.48 Å². The number of rotatable bonds is 2. The second-order valence-electron chi connectivity index (χ2n) is 2.52. The fraction of sp³-hybridized carbons (Fsp3) is 0. The lowest BCUT2D eigenvalue weighted by molar-refractivity contribution is 0.232. The van der Waals surface area contributed by atoms with Crippen LogP contribution in [0.5, 0.6) is 0 Å². The van der Waals surface area contributed by atoms with Crippen LogP contribution in [0.15, 0.2) is 28.4 Å². The highest BCUT2D eigenvalue weighted by Crippen LogP contribution is 2.14. The quantitative estimate of drug-likeness (QED) is 0.404. The van der Waals surface area contributed by atoms with E-state index in [0.717, 1.165) is 0 Å². The SMILES string of the molecule is N/C(=N\N=C\c1ccc(Cl)c(F)c1)NO. The molecule has 0 heterocycles.